The van der Waals surface area contributed by atoms with Gasteiger partial charge in [-0.2, -0.15) is 4.37 Å². The molecule has 0 saturated carbocycles. The summed E-state index contributed by atoms with van der Waals surface area (Å²) < 4.78 is 8.33. The number of hydrogen-bond donors (Lipinski definition) is 1. The normalized spacial score (nSPS) is 36.1. The van der Waals surface area contributed by atoms with Crippen LogP contribution in [-0.2, 0) is 0 Å². The third-order valence-electron chi connectivity index (χ3n) is 3.52. The van der Waals surface area contributed by atoms with E-state index in [0.29, 0.717) is 5.92 Å². The molecule has 14 heavy (non-hydrogen) atoms. The zero-order valence-corrected chi connectivity index (χ0v) is 9.53. The molecule has 2 bridgehead atoms. The number of rotatable bonds is 1. The van der Waals surface area contributed by atoms with Crippen LogP contribution in [-0.4, -0.2) is 33.3 Å². The van der Waals surface area contributed by atoms with Gasteiger partial charge in [-0.3, -0.25) is 4.37 Å². The van der Waals surface area contributed by atoms with Crippen molar-refractivity contribution >= 4 is 23.9 Å². The molecule has 0 spiro atoms. The van der Waals surface area contributed by atoms with E-state index in [-0.39, 0.29) is 0 Å². The first kappa shape index (κ1) is 9.00. The summed E-state index contributed by atoms with van der Waals surface area (Å²) in [6, 6.07) is 0. The lowest BCUT2D eigenvalue weighted by molar-refractivity contribution is 0.0856. The Bertz CT molecular complexity index is 375. The van der Waals surface area contributed by atoms with Gasteiger partial charge in [0.05, 0.1) is 5.69 Å². The van der Waals surface area contributed by atoms with Crippen LogP contribution < -0.4 is 0 Å². The van der Waals surface area contributed by atoms with Crippen molar-refractivity contribution in [2.75, 3.05) is 19.6 Å². The fourth-order valence-electron chi connectivity index (χ4n) is 2.72. The Morgan fingerprint density at radius 3 is 2.71 bits per heavy atom. The first-order valence-electron chi connectivity index (χ1n) is 5.11. The summed E-state index contributed by atoms with van der Waals surface area (Å²) >= 11 is 6.65. The third kappa shape index (κ3) is 1.34. The lowest BCUT2D eigenvalue weighted by Gasteiger charge is -2.44. The van der Waals surface area contributed by atoms with Gasteiger partial charge in [0, 0.05) is 24.2 Å². The lowest BCUT2D eigenvalue weighted by Crippen LogP contribution is -2.46. The van der Waals surface area contributed by atoms with E-state index in [1.165, 1.54) is 44.2 Å². The molecule has 3 nitrogen and oxygen atoms in total. The molecule has 1 aromatic heterocycles. The van der Waals surface area contributed by atoms with Gasteiger partial charge in [0.1, 0.15) is 4.64 Å². The molecular weight excluding hydrogens is 214 g/mol. The summed E-state index contributed by atoms with van der Waals surface area (Å²) in [6.07, 6.45) is 2.66. The molecule has 3 aliphatic rings. The summed E-state index contributed by atoms with van der Waals surface area (Å²) in [5, 5.41) is 0. The Hall–Kier alpha value is -0.260. The van der Waals surface area contributed by atoms with Crippen molar-refractivity contribution in [2.24, 2.45) is 5.92 Å². The molecule has 1 atom stereocenters. The number of fused-ring (bicyclic) bond motifs is 3. The van der Waals surface area contributed by atoms with E-state index < -0.39 is 0 Å². The van der Waals surface area contributed by atoms with E-state index in [1.807, 2.05) is 0 Å². The van der Waals surface area contributed by atoms with Crippen LogP contribution in [0, 0.1) is 10.6 Å². The van der Waals surface area contributed by atoms with Gasteiger partial charge < -0.3 is 4.90 Å². The number of piperidine rings is 3. The summed E-state index contributed by atoms with van der Waals surface area (Å²) in [7, 11) is 0. The molecule has 4 heterocycles. The molecule has 76 valence electrons. The minimum absolute atomic E-state index is 0.604. The highest BCUT2D eigenvalue weighted by atomic mass is 32.1. The number of aromatic amines is 1. The van der Waals surface area contributed by atoms with Crippen molar-refractivity contribution < 1.29 is 0 Å². The number of H-pyrrole nitrogens is 1. The molecular formula is C9H13N3S2. The molecule has 3 aliphatic heterocycles. The summed E-state index contributed by atoms with van der Waals surface area (Å²) in [4.78, 5) is 2.54. The van der Waals surface area contributed by atoms with Crippen molar-refractivity contribution in [1.82, 2.24) is 13.6 Å². The summed E-state index contributed by atoms with van der Waals surface area (Å²) in [6.45, 7) is 3.73. The molecule has 1 N–H and O–H groups in total. The van der Waals surface area contributed by atoms with Gasteiger partial charge in [-0.1, -0.05) is 12.2 Å². The molecule has 5 heteroatoms. The molecule has 3 saturated heterocycles. The van der Waals surface area contributed by atoms with E-state index in [0.717, 1.165) is 16.3 Å². The van der Waals surface area contributed by atoms with Gasteiger partial charge in [-0.05, 0) is 31.8 Å². The van der Waals surface area contributed by atoms with Gasteiger partial charge in [-0.15, -0.1) is 0 Å². The van der Waals surface area contributed by atoms with Crippen LogP contribution in [0.5, 0.6) is 0 Å². The van der Waals surface area contributed by atoms with E-state index in [4.69, 9.17) is 12.2 Å². The molecule has 1 aromatic rings. The molecule has 0 aromatic carbocycles. The molecule has 0 aliphatic carbocycles. The predicted octanol–water partition coefficient (Wildman–Crippen LogP) is 2.01. The first-order valence-corrected chi connectivity index (χ1v) is 6.29. The maximum absolute atomic E-state index is 5.26. The van der Waals surface area contributed by atoms with E-state index in [9.17, 15) is 0 Å². The highest BCUT2D eigenvalue weighted by Crippen LogP contribution is 2.38. The van der Waals surface area contributed by atoms with Crippen LogP contribution in [0.15, 0.2) is 0 Å². The Kier molecular flexibility index (Phi) is 2.18. The maximum Gasteiger partial charge on any atom is 0.136 e. The van der Waals surface area contributed by atoms with Crippen LogP contribution in [0.2, 0.25) is 0 Å². The largest absolute Gasteiger partial charge is 0.303 e. The third-order valence-corrected chi connectivity index (χ3v) is 4.55. The topological polar surface area (TPSA) is 31.9 Å². The van der Waals surface area contributed by atoms with Gasteiger partial charge in [0.25, 0.3) is 0 Å². The van der Waals surface area contributed by atoms with Crippen LogP contribution in [0.3, 0.4) is 0 Å². The SMILES string of the molecule is S=c1[nH]snc1C1CN2CCC1CC2. The summed E-state index contributed by atoms with van der Waals surface area (Å²) in [5.74, 6) is 1.43. The van der Waals surface area contributed by atoms with Crippen LogP contribution in [0.25, 0.3) is 0 Å². The zero-order chi connectivity index (χ0) is 9.54. The minimum atomic E-state index is 0.604. The van der Waals surface area contributed by atoms with Crippen LogP contribution in [0.4, 0.5) is 0 Å². The second kappa shape index (κ2) is 3.40. The maximum atomic E-state index is 5.26. The van der Waals surface area contributed by atoms with Crippen molar-refractivity contribution in [3.05, 3.63) is 10.3 Å². The van der Waals surface area contributed by atoms with E-state index in [1.54, 1.807) is 0 Å². The second-order valence-electron chi connectivity index (χ2n) is 4.24. The molecule has 0 radical (unpaired) electrons. The first-order chi connectivity index (χ1) is 6.84. The van der Waals surface area contributed by atoms with Crippen molar-refractivity contribution in [3.8, 4) is 0 Å². The second-order valence-corrected chi connectivity index (χ2v) is 5.22. The smallest absolute Gasteiger partial charge is 0.136 e. The molecule has 4 rings (SSSR count). The molecule has 0 amide bonds. The van der Waals surface area contributed by atoms with Gasteiger partial charge >= 0.3 is 0 Å². The van der Waals surface area contributed by atoms with E-state index in [2.05, 4.69) is 13.6 Å². The monoisotopic (exact) mass is 227 g/mol. The van der Waals surface area contributed by atoms with Gasteiger partial charge in [-0.25, -0.2) is 0 Å². The number of hydrogen-bond acceptors (Lipinski definition) is 4. The lowest BCUT2D eigenvalue weighted by atomic mass is 9.78. The Morgan fingerprint density at radius 2 is 2.21 bits per heavy atom. The highest BCUT2D eigenvalue weighted by Gasteiger charge is 2.36. The summed E-state index contributed by atoms with van der Waals surface area (Å²) in [5.41, 5.74) is 1.15. The minimum Gasteiger partial charge on any atom is -0.303 e. The zero-order valence-electron chi connectivity index (χ0n) is 7.90. The van der Waals surface area contributed by atoms with Gasteiger partial charge in [0.15, 0.2) is 0 Å². The predicted molar refractivity (Wildman–Crippen MR) is 59.2 cm³/mol. The van der Waals surface area contributed by atoms with Gasteiger partial charge in [0.2, 0.25) is 0 Å². The van der Waals surface area contributed by atoms with E-state index >= 15 is 0 Å². The Morgan fingerprint density at radius 1 is 1.43 bits per heavy atom. The quantitative estimate of drug-likeness (QED) is 0.745. The number of nitrogens with zero attached hydrogens (tertiary/aromatic N) is 2. The van der Waals surface area contributed by atoms with Crippen molar-refractivity contribution in [1.29, 1.82) is 0 Å². The van der Waals surface area contributed by atoms with Crippen LogP contribution in [0.1, 0.15) is 24.5 Å². The molecule has 3 fully saturated rings. The van der Waals surface area contributed by atoms with Crippen molar-refractivity contribution in [3.63, 3.8) is 0 Å². The average molecular weight is 227 g/mol. The Balaban J connectivity index is 1.93. The van der Waals surface area contributed by atoms with Crippen LogP contribution >= 0.6 is 23.9 Å². The standard InChI is InChI=1S/C9H13N3S2/c13-9-8(10-14-11-9)7-5-12-3-1-6(7)2-4-12/h6-7H,1-5H2,(H,11,13). The fraction of sp³-hybridized carbons (Fsp3) is 0.778. The average Bonchev–Trinajstić information content (AvgIpc) is 2.66. The number of nitrogens with one attached hydrogen (secondary N) is 1. The number of aromatic nitrogens is 2. The Labute approximate surface area is 92.5 Å². The highest BCUT2D eigenvalue weighted by molar-refractivity contribution is 7.71. The fourth-order valence-corrected chi connectivity index (χ4v) is 3.64. The van der Waals surface area contributed by atoms with Crippen molar-refractivity contribution in [2.45, 2.75) is 18.8 Å². The molecule has 1 unspecified atom stereocenters.